The Bertz CT molecular complexity index is 618. The van der Waals surface area contributed by atoms with E-state index in [1.165, 1.54) is 6.92 Å². The van der Waals surface area contributed by atoms with E-state index in [9.17, 15) is 9.59 Å². The molecular weight excluding hydrogens is 294 g/mol. The summed E-state index contributed by atoms with van der Waals surface area (Å²) in [5.41, 5.74) is 2.57. The fourth-order valence-electron chi connectivity index (χ4n) is 2.82. The van der Waals surface area contributed by atoms with E-state index in [2.05, 4.69) is 15.5 Å². The van der Waals surface area contributed by atoms with Gasteiger partial charge in [0, 0.05) is 38.8 Å². The summed E-state index contributed by atoms with van der Waals surface area (Å²) in [5.74, 6) is -0.474. The molecule has 2 aliphatic heterocycles. The zero-order valence-electron chi connectivity index (χ0n) is 13.2. The Morgan fingerprint density at radius 3 is 2.65 bits per heavy atom. The lowest BCUT2D eigenvalue weighted by Crippen LogP contribution is -2.43. The van der Waals surface area contributed by atoms with Crippen LogP contribution in [-0.2, 0) is 14.3 Å². The van der Waals surface area contributed by atoms with Crippen molar-refractivity contribution in [2.24, 2.45) is 0 Å². The van der Waals surface area contributed by atoms with E-state index in [-0.39, 0.29) is 11.9 Å². The number of ether oxygens (including phenoxy) is 1. The predicted molar refractivity (Wildman–Crippen MR) is 88.1 cm³/mol. The number of carbonyl (C=O) groups excluding carboxylic acids is 2. The highest BCUT2D eigenvalue weighted by atomic mass is 16.5. The average Bonchev–Trinajstić information content (AvgIpc) is 2.95. The zero-order valence-corrected chi connectivity index (χ0v) is 13.2. The number of nitrogens with zero attached hydrogens (tertiary/aromatic N) is 1. The number of nitrogens with one attached hydrogen (secondary N) is 2. The highest BCUT2D eigenvalue weighted by Gasteiger charge is 2.26. The van der Waals surface area contributed by atoms with E-state index in [1.54, 1.807) is 6.08 Å². The fraction of sp³-hybridized carbons (Fsp3) is 0.412. The molecule has 1 fully saturated rings. The van der Waals surface area contributed by atoms with Crippen LogP contribution in [0.2, 0.25) is 0 Å². The second-order valence-corrected chi connectivity index (χ2v) is 5.75. The lowest BCUT2D eigenvalue weighted by Gasteiger charge is -2.29. The molecule has 6 nitrogen and oxygen atoms in total. The maximum absolute atomic E-state index is 12.0. The predicted octanol–water partition coefficient (Wildman–Crippen LogP) is 0.541. The maximum atomic E-state index is 12.0. The molecule has 2 N–H and O–H groups in total. The number of esters is 1. The minimum Gasteiger partial charge on any atom is -0.453 e. The lowest BCUT2D eigenvalue weighted by molar-refractivity contribution is -0.138. The van der Waals surface area contributed by atoms with Gasteiger partial charge in [-0.25, -0.2) is 4.79 Å². The second-order valence-electron chi connectivity index (χ2n) is 5.75. The van der Waals surface area contributed by atoms with Crippen molar-refractivity contribution in [3.05, 3.63) is 35.9 Å². The van der Waals surface area contributed by atoms with Crippen molar-refractivity contribution in [1.82, 2.24) is 10.6 Å². The standard InChI is InChI=1S/C17H21N3O3/c1-12(21)19-11-15-10-16(17(22)23-15)13-2-4-14(5-3-13)20-8-6-18-7-9-20/h2-5,10,15,18H,6-9,11H2,1H3,(H,19,21). The first-order valence-electron chi connectivity index (χ1n) is 7.87. The van der Waals surface area contributed by atoms with Crippen LogP contribution in [0.15, 0.2) is 30.3 Å². The molecule has 122 valence electrons. The highest BCUT2D eigenvalue weighted by Crippen LogP contribution is 2.26. The Morgan fingerprint density at radius 2 is 2.00 bits per heavy atom. The number of benzene rings is 1. The van der Waals surface area contributed by atoms with Crippen molar-refractivity contribution in [1.29, 1.82) is 0 Å². The molecule has 2 heterocycles. The molecule has 1 atom stereocenters. The Balaban J connectivity index is 1.69. The van der Waals surface area contributed by atoms with E-state index < -0.39 is 6.10 Å². The molecule has 0 aromatic heterocycles. The van der Waals surface area contributed by atoms with Crippen LogP contribution >= 0.6 is 0 Å². The summed E-state index contributed by atoms with van der Waals surface area (Å²) >= 11 is 0. The number of piperazine rings is 1. The van der Waals surface area contributed by atoms with Gasteiger partial charge in [0.25, 0.3) is 0 Å². The number of cyclic esters (lactones) is 1. The van der Waals surface area contributed by atoms with Crippen molar-refractivity contribution in [3.8, 4) is 0 Å². The molecule has 6 heteroatoms. The van der Waals surface area contributed by atoms with Crippen LogP contribution in [0.4, 0.5) is 5.69 Å². The van der Waals surface area contributed by atoms with Crippen molar-refractivity contribution >= 4 is 23.1 Å². The molecule has 0 bridgehead atoms. The van der Waals surface area contributed by atoms with Gasteiger partial charge in [0.15, 0.2) is 0 Å². The molecule has 0 radical (unpaired) electrons. The van der Waals surface area contributed by atoms with Crippen LogP contribution in [0, 0.1) is 0 Å². The molecule has 2 aliphatic rings. The first kappa shape index (κ1) is 15.6. The molecule has 1 amide bonds. The number of carbonyl (C=O) groups is 2. The summed E-state index contributed by atoms with van der Waals surface area (Å²) in [6.07, 6.45) is 1.38. The summed E-state index contributed by atoms with van der Waals surface area (Å²) in [7, 11) is 0. The van der Waals surface area contributed by atoms with Crippen molar-refractivity contribution < 1.29 is 14.3 Å². The van der Waals surface area contributed by atoms with Crippen molar-refractivity contribution in [2.45, 2.75) is 13.0 Å². The third-order valence-electron chi connectivity index (χ3n) is 4.04. The molecular formula is C17H21N3O3. The van der Waals surface area contributed by atoms with Crippen LogP contribution in [-0.4, -0.2) is 50.7 Å². The monoisotopic (exact) mass is 315 g/mol. The van der Waals surface area contributed by atoms with Crippen molar-refractivity contribution in [2.75, 3.05) is 37.6 Å². The minimum atomic E-state index is -0.394. The summed E-state index contributed by atoms with van der Waals surface area (Å²) in [6, 6.07) is 7.97. The summed E-state index contributed by atoms with van der Waals surface area (Å²) in [5, 5.41) is 5.99. The SMILES string of the molecule is CC(=O)NCC1C=C(c2ccc(N3CCNCC3)cc2)C(=O)O1. The average molecular weight is 315 g/mol. The topological polar surface area (TPSA) is 70.7 Å². The molecule has 0 saturated carbocycles. The summed E-state index contributed by atoms with van der Waals surface area (Å²) < 4.78 is 5.26. The smallest absolute Gasteiger partial charge is 0.339 e. The Kier molecular flexibility index (Phi) is 4.62. The van der Waals surface area contributed by atoms with Crippen molar-refractivity contribution in [3.63, 3.8) is 0 Å². The summed E-state index contributed by atoms with van der Waals surface area (Å²) in [4.78, 5) is 25.3. The van der Waals surface area contributed by atoms with E-state index in [0.29, 0.717) is 12.1 Å². The van der Waals surface area contributed by atoms with E-state index >= 15 is 0 Å². The zero-order chi connectivity index (χ0) is 16.2. The number of hydrogen-bond acceptors (Lipinski definition) is 5. The van der Waals surface area contributed by atoms with Crippen LogP contribution in [0.3, 0.4) is 0 Å². The van der Waals surface area contributed by atoms with E-state index in [1.807, 2.05) is 24.3 Å². The molecule has 3 rings (SSSR count). The Labute approximate surface area is 135 Å². The van der Waals surface area contributed by atoms with Gasteiger partial charge in [-0.05, 0) is 23.8 Å². The largest absolute Gasteiger partial charge is 0.453 e. The van der Waals surface area contributed by atoms with Gasteiger partial charge in [-0.15, -0.1) is 0 Å². The molecule has 1 saturated heterocycles. The number of hydrogen-bond donors (Lipinski definition) is 2. The van der Waals surface area contributed by atoms with Crippen LogP contribution < -0.4 is 15.5 Å². The third kappa shape index (κ3) is 3.71. The molecule has 1 aromatic rings. The van der Waals surface area contributed by atoms with Gasteiger partial charge < -0.3 is 20.3 Å². The van der Waals surface area contributed by atoms with Gasteiger partial charge in [0.05, 0.1) is 12.1 Å². The van der Waals surface area contributed by atoms with Crippen LogP contribution in [0.1, 0.15) is 12.5 Å². The number of rotatable bonds is 4. The number of anilines is 1. The molecule has 0 aliphatic carbocycles. The van der Waals surface area contributed by atoms with Gasteiger partial charge >= 0.3 is 5.97 Å². The molecule has 0 spiro atoms. The van der Waals surface area contributed by atoms with Gasteiger partial charge in [0.2, 0.25) is 5.91 Å². The third-order valence-corrected chi connectivity index (χ3v) is 4.04. The van der Waals surface area contributed by atoms with Gasteiger partial charge in [-0.1, -0.05) is 12.1 Å². The first-order valence-corrected chi connectivity index (χ1v) is 7.87. The van der Waals surface area contributed by atoms with E-state index in [4.69, 9.17) is 4.74 Å². The Hall–Kier alpha value is -2.34. The van der Waals surface area contributed by atoms with Gasteiger partial charge in [-0.2, -0.15) is 0 Å². The maximum Gasteiger partial charge on any atom is 0.339 e. The normalized spacial score (nSPS) is 20.9. The number of amides is 1. The van der Waals surface area contributed by atoms with Gasteiger partial charge in [0.1, 0.15) is 6.10 Å². The second kappa shape index (κ2) is 6.83. The van der Waals surface area contributed by atoms with E-state index in [0.717, 1.165) is 37.4 Å². The summed E-state index contributed by atoms with van der Waals surface area (Å²) in [6.45, 7) is 5.71. The quantitative estimate of drug-likeness (QED) is 0.794. The lowest BCUT2D eigenvalue weighted by atomic mass is 10.0. The Morgan fingerprint density at radius 1 is 1.30 bits per heavy atom. The highest BCUT2D eigenvalue weighted by molar-refractivity contribution is 6.18. The van der Waals surface area contributed by atoms with Crippen LogP contribution in [0.5, 0.6) is 0 Å². The molecule has 1 unspecified atom stereocenters. The first-order chi connectivity index (χ1) is 11.1. The fourth-order valence-corrected chi connectivity index (χ4v) is 2.82. The van der Waals surface area contributed by atoms with Crippen LogP contribution in [0.25, 0.3) is 5.57 Å². The van der Waals surface area contributed by atoms with Gasteiger partial charge in [-0.3, -0.25) is 4.79 Å². The molecule has 23 heavy (non-hydrogen) atoms. The molecule has 1 aromatic carbocycles. The minimum absolute atomic E-state index is 0.136.